The second-order valence-electron chi connectivity index (χ2n) is 5.51. The molecular weight excluding hydrogens is 244 g/mol. The molecule has 0 radical (unpaired) electrons. The Morgan fingerprint density at radius 2 is 2.11 bits per heavy atom. The van der Waals surface area contributed by atoms with Crippen LogP contribution in [0, 0.1) is 5.92 Å². The fraction of sp³-hybridized carbons (Fsp3) is 0.929. The van der Waals surface area contributed by atoms with E-state index in [1.54, 1.807) is 7.11 Å². The number of morpholine rings is 1. The van der Waals surface area contributed by atoms with Crippen molar-refractivity contribution in [1.82, 2.24) is 9.80 Å². The number of ether oxygens (including phenoxy) is 2. The van der Waals surface area contributed by atoms with Crippen molar-refractivity contribution in [1.29, 1.82) is 0 Å². The van der Waals surface area contributed by atoms with E-state index in [1.807, 2.05) is 4.90 Å². The molecule has 0 spiro atoms. The zero-order valence-corrected chi connectivity index (χ0v) is 12.0. The normalized spacial score (nSPS) is 25.5. The minimum Gasteiger partial charge on any atom is -0.384 e. The third-order valence-corrected chi connectivity index (χ3v) is 4.01. The van der Waals surface area contributed by atoms with Crippen molar-refractivity contribution in [3.63, 3.8) is 0 Å². The van der Waals surface area contributed by atoms with Crippen molar-refractivity contribution >= 4 is 5.91 Å². The third-order valence-electron chi connectivity index (χ3n) is 4.01. The van der Waals surface area contributed by atoms with E-state index in [4.69, 9.17) is 9.47 Å². The molecule has 1 amide bonds. The van der Waals surface area contributed by atoms with Gasteiger partial charge in [0.15, 0.2) is 0 Å². The van der Waals surface area contributed by atoms with Crippen LogP contribution in [0.2, 0.25) is 0 Å². The van der Waals surface area contributed by atoms with Crippen molar-refractivity contribution in [2.45, 2.75) is 19.3 Å². The summed E-state index contributed by atoms with van der Waals surface area (Å²) < 4.78 is 10.5. The van der Waals surface area contributed by atoms with Crippen molar-refractivity contribution in [2.75, 3.05) is 59.7 Å². The summed E-state index contributed by atoms with van der Waals surface area (Å²) in [5.41, 5.74) is 0. The summed E-state index contributed by atoms with van der Waals surface area (Å²) in [6.45, 7) is 6.80. The lowest BCUT2D eigenvalue weighted by molar-refractivity contribution is -0.135. The van der Waals surface area contributed by atoms with E-state index in [1.165, 1.54) is 12.8 Å². The van der Waals surface area contributed by atoms with Crippen LogP contribution in [0.25, 0.3) is 0 Å². The summed E-state index contributed by atoms with van der Waals surface area (Å²) in [5.74, 6) is 0.911. The Labute approximate surface area is 115 Å². The molecule has 2 fully saturated rings. The van der Waals surface area contributed by atoms with Crippen LogP contribution in [0.5, 0.6) is 0 Å². The standard InChI is InChI=1S/C14H26N2O3/c1-18-12-13-3-2-5-15(11-13)6-4-14(17)16-7-9-19-10-8-16/h13H,2-12H2,1H3/t13-/m1/s1. The Kier molecular flexibility index (Phi) is 6.07. The highest BCUT2D eigenvalue weighted by Gasteiger charge is 2.22. The smallest absolute Gasteiger partial charge is 0.224 e. The number of carbonyl (C=O) groups is 1. The van der Waals surface area contributed by atoms with E-state index < -0.39 is 0 Å². The van der Waals surface area contributed by atoms with Crippen LogP contribution in [0.15, 0.2) is 0 Å². The molecule has 1 atom stereocenters. The van der Waals surface area contributed by atoms with Gasteiger partial charge in [0.25, 0.3) is 0 Å². The fourth-order valence-electron chi connectivity index (χ4n) is 2.95. The lowest BCUT2D eigenvalue weighted by Gasteiger charge is -2.33. The molecule has 5 heteroatoms. The Bertz CT molecular complexity index is 278. The summed E-state index contributed by atoms with van der Waals surface area (Å²) in [4.78, 5) is 16.4. The predicted octanol–water partition coefficient (Wildman–Crippen LogP) is 0.594. The van der Waals surface area contributed by atoms with Gasteiger partial charge in [-0.3, -0.25) is 4.79 Å². The average molecular weight is 270 g/mol. The minimum atomic E-state index is 0.275. The third kappa shape index (κ3) is 4.75. The van der Waals surface area contributed by atoms with Gasteiger partial charge in [0.05, 0.1) is 19.8 Å². The molecule has 2 heterocycles. The van der Waals surface area contributed by atoms with Gasteiger partial charge in [-0.05, 0) is 25.3 Å². The molecule has 0 N–H and O–H groups in total. The van der Waals surface area contributed by atoms with E-state index in [9.17, 15) is 4.79 Å². The molecule has 0 unspecified atom stereocenters. The highest BCUT2D eigenvalue weighted by molar-refractivity contribution is 5.76. The van der Waals surface area contributed by atoms with E-state index in [0.717, 1.165) is 39.3 Å². The SMILES string of the molecule is COC[C@@H]1CCCN(CCC(=O)N2CCOCC2)C1. The second-order valence-corrected chi connectivity index (χ2v) is 5.51. The van der Waals surface area contributed by atoms with Gasteiger partial charge in [0, 0.05) is 39.7 Å². The Hall–Kier alpha value is -0.650. The Balaban J connectivity index is 1.67. The summed E-state index contributed by atoms with van der Waals surface area (Å²) in [6.07, 6.45) is 3.11. The van der Waals surface area contributed by atoms with Crippen molar-refractivity contribution < 1.29 is 14.3 Å². The van der Waals surface area contributed by atoms with E-state index in [2.05, 4.69) is 4.90 Å². The van der Waals surface area contributed by atoms with Gasteiger partial charge in [-0.2, -0.15) is 0 Å². The van der Waals surface area contributed by atoms with Gasteiger partial charge in [-0.25, -0.2) is 0 Å². The second kappa shape index (κ2) is 7.82. The Morgan fingerprint density at radius 3 is 2.84 bits per heavy atom. The molecule has 0 saturated carbocycles. The van der Waals surface area contributed by atoms with E-state index >= 15 is 0 Å². The van der Waals surface area contributed by atoms with Crippen LogP contribution in [0.3, 0.4) is 0 Å². The highest BCUT2D eigenvalue weighted by atomic mass is 16.5. The quantitative estimate of drug-likeness (QED) is 0.733. The molecule has 2 saturated heterocycles. The monoisotopic (exact) mass is 270 g/mol. The lowest BCUT2D eigenvalue weighted by atomic mass is 9.99. The van der Waals surface area contributed by atoms with Gasteiger partial charge in [0.1, 0.15) is 0 Å². The summed E-state index contributed by atoms with van der Waals surface area (Å²) in [7, 11) is 1.76. The lowest BCUT2D eigenvalue weighted by Crippen LogP contribution is -2.43. The molecule has 0 aromatic heterocycles. The van der Waals surface area contributed by atoms with Crippen molar-refractivity contribution in [3.8, 4) is 0 Å². The number of likely N-dealkylation sites (tertiary alicyclic amines) is 1. The molecule has 0 aromatic rings. The van der Waals surface area contributed by atoms with Gasteiger partial charge < -0.3 is 19.3 Å². The van der Waals surface area contributed by atoms with Crippen LogP contribution >= 0.6 is 0 Å². The maximum atomic E-state index is 12.1. The van der Waals surface area contributed by atoms with Crippen molar-refractivity contribution in [2.24, 2.45) is 5.92 Å². The van der Waals surface area contributed by atoms with Crippen LogP contribution < -0.4 is 0 Å². The minimum absolute atomic E-state index is 0.275. The Morgan fingerprint density at radius 1 is 1.32 bits per heavy atom. The van der Waals surface area contributed by atoms with E-state index in [0.29, 0.717) is 25.6 Å². The number of rotatable bonds is 5. The van der Waals surface area contributed by atoms with Crippen LogP contribution in [-0.2, 0) is 14.3 Å². The zero-order valence-electron chi connectivity index (χ0n) is 12.0. The molecule has 19 heavy (non-hydrogen) atoms. The van der Waals surface area contributed by atoms with Crippen LogP contribution in [-0.4, -0.2) is 75.4 Å². The van der Waals surface area contributed by atoms with Gasteiger partial charge in [0.2, 0.25) is 5.91 Å². The summed E-state index contributed by atoms with van der Waals surface area (Å²) in [5, 5.41) is 0. The number of hydrogen-bond donors (Lipinski definition) is 0. The largest absolute Gasteiger partial charge is 0.384 e. The number of amides is 1. The molecule has 2 rings (SSSR count). The molecule has 110 valence electrons. The van der Waals surface area contributed by atoms with Gasteiger partial charge in [-0.15, -0.1) is 0 Å². The maximum Gasteiger partial charge on any atom is 0.224 e. The molecule has 2 aliphatic rings. The highest BCUT2D eigenvalue weighted by Crippen LogP contribution is 2.17. The average Bonchev–Trinajstić information content (AvgIpc) is 2.46. The maximum absolute atomic E-state index is 12.1. The first-order valence-corrected chi connectivity index (χ1v) is 7.36. The van der Waals surface area contributed by atoms with Crippen LogP contribution in [0.4, 0.5) is 0 Å². The topological polar surface area (TPSA) is 42.0 Å². The first kappa shape index (κ1) is 14.8. The molecule has 0 aromatic carbocycles. The first-order valence-electron chi connectivity index (χ1n) is 7.36. The zero-order chi connectivity index (χ0) is 13.5. The molecule has 5 nitrogen and oxygen atoms in total. The van der Waals surface area contributed by atoms with E-state index in [-0.39, 0.29) is 5.91 Å². The number of piperidine rings is 1. The number of carbonyl (C=O) groups excluding carboxylic acids is 1. The molecule has 0 aliphatic carbocycles. The summed E-state index contributed by atoms with van der Waals surface area (Å²) >= 11 is 0. The molecule has 2 aliphatic heterocycles. The summed E-state index contributed by atoms with van der Waals surface area (Å²) in [6, 6.07) is 0. The van der Waals surface area contributed by atoms with Gasteiger partial charge in [-0.1, -0.05) is 0 Å². The number of nitrogens with zero attached hydrogens (tertiary/aromatic N) is 2. The van der Waals surface area contributed by atoms with Gasteiger partial charge >= 0.3 is 0 Å². The fourth-order valence-corrected chi connectivity index (χ4v) is 2.95. The number of methoxy groups -OCH3 is 1. The first-order chi connectivity index (χ1) is 9.29. The van der Waals surface area contributed by atoms with Crippen molar-refractivity contribution in [3.05, 3.63) is 0 Å². The molecular formula is C14H26N2O3. The molecule has 0 bridgehead atoms. The number of hydrogen-bond acceptors (Lipinski definition) is 4. The predicted molar refractivity (Wildman–Crippen MR) is 73.1 cm³/mol. The van der Waals surface area contributed by atoms with Crippen LogP contribution in [0.1, 0.15) is 19.3 Å².